The van der Waals surface area contributed by atoms with Gasteiger partial charge in [-0.15, -0.1) is 0 Å². The second kappa shape index (κ2) is 6.44. The zero-order valence-corrected chi connectivity index (χ0v) is 13.5. The standard InChI is InChI=1S/C20H26O/c1-15(16-8-6-5-7-9-16)14-19(21)17-10-12-18(13-11-17)20(2,3)4/h5-13,15,19,21H,14H2,1-4H3. The first kappa shape index (κ1) is 15.8. The van der Waals surface area contributed by atoms with Crippen LogP contribution < -0.4 is 0 Å². The Morgan fingerprint density at radius 3 is 1.95 bits per heavy atom. The van der Waals surface area contributed by atoms with E-state index in [4.69, 9.17) is 0 Å². The Hall–Kier alpha value is -1.60. The van der Waals surface area contributed by atoms with Crippen molar-refractivity contribution in [2.45, 2.75) is 51.6 Å². The summed E-state index contributed by atoms with van der Waals surface area (Å²) in [5, 5.41) is 10.4. The minimum absolute atomic E-state index is 0.154. The Labute approximate surface area is 128 Å². The molecule has 0 spiro atoms. The molecule has 0 fully saturated rings. The predicted molar refractivity (Wildman–Crippen MR) is 89.6 cm³/mol. The third-order valence-electron chi connectivity index (χ3n) is 4.11. The van der Waals surface area contributed by atoms with Gasteiger partial charge in [-0.25, -0.2) is 0 Å². The fraction of sp³-hybridized carbons (Fsp3) is 0.400. The molecule has 0 bridgehead atoms. The van der Waals surface area contributed by atoms with Crippen LogP contribution in [0.4, 0.5) is 0 Å². The van der Waals surface area contributed by atoms with Gasteiger partial charge in [-0.3, -0.25) is 0 Å². The molecule has 0 amide bonds. The monoisotopic (exact) mass is 282 g/mol. The van der Waals surface area contributed by atoms with E-state index in [0.717, 1.165) is 12.0 Å². The van der Waals surface area contributed by atoms with Gasteiger partial charge in [0.25, 0.3) is 0 Å². The van der Waals surface area contributed by atoms with Gasteiger partial charge in [0.15, 0.2) is 0 Å². The average molecular weight is 282 g/mol. The highest BCUT2D eigenvalue weighted by atomic mass is 16.3. The molecular weight excluding hydrogens is 256 g/mol. The molecule has 21 heavy (non-hydrogen) atoms. The largest absolute Gasteiger partial charge is 0.388 e. The van der Waals surface area contributed by atoms with Crippen molar-refractivity contribution in [1.29, 1.82) is 0 Å². The van der Waals surface area contributed by atoms with E-state index in [1.807, 2.05) is 6.07 Å². The first-order chi connectivity index (χ1) is 9.88. The first-order valence-corrected chi connectivity index (χ1v) is 7.71. The highest BCUT2D eigenvalue weighted by molar-refractivity contribution is 5.29. The van der Waals surface area contributed by atoms with E-state index < -0.39 is 6.10 Å². The lowest BCUT2D eigenvalue weighted by atomic mass is 9.85. The van der Waals surface area contributed by atoms with Gasteiger partial charge in [-0.1, -0.05) is 82.3 Å². The zero-order chi connectivity index (χ0) is 15.5. The van der Waals surface area contributed by atoms with Gasteiger partial charge < -0.3 is 5.11 Å². The van der Waals surface area contributed by atoms with E-state index in [0.29, 0.717) is 5.92 Å². The van der Waals surface area contributed by atoms with Crippen LogP contribution in [0.15, 0.2) is 54.6 Å². The van der Waals surface area contributed by atoms with Crippen LogP contribution in [-0.4, -0.2) is 5.11 Å². The summed E-state index contributed by atoms with van der Waals surface area (Å²) < 4.78 is 0. The van der Waals surface area contributed by atoms with Gasteiger partial charge in [0.2, 0.25) is 0 Å². The predicted octanol–water partition coefficient (Wildman–Crippen LogP) is 5.21. The maximum atomic E-state index is 10.4. The van der Waals surface area contributed by atoms with E-state index in [1.54, 1.807) is 0 Å². The molecule has 0 saturated heterocycles. The molecule has 0 aromatic heterocycles. The highest BCUT2D eigenvalue weighted by Crippen LogP contribution is 2.29. The summed E-state index contributed by atoms with van der Waals surface area (Å²) in [6.07, 6.45) is 0.341. The quantitative estimate of drug-likeness (QED) is 0.816. The summed E-state index contributed by atoms with van der Waals surface area (Å²) in [4.78, 5) is 0. The Morgan fingerprint density at radius 2 is 1.43 bits per heavy atom. The lowest BCUT2D eigenvalue weighted by Crippen LogP contribution is -2.11. The number of aliphatic hydroxyl groups is 1. The minimum Gasteiger partial charge on any atom is -0.388 e. The molecule has 0 aliphatic heterocycles. The van der Waals surface area contributed by atoms with Crippen molar-refractivity contribution < 1.29 is 5.11 Å². The molecule has 0 heterocycles. The summed E-state index contributed by atoms with van der Waals surface area (Å²) in [6, 6.07) is 18.8. The zero-order valence-electron chi connectivity index (χ0n) is 13.5. The molecule has 2 atom stereocenters. The number of aliphatic hydroxyl groups excluding tert-OH is 1. The maximum absolute atomic E-state index is 10.4. The van der Waals surface area contributed by atoms with Crippen LogP contribution in [-0.2, 0) is 5.41 Å². The Kier molecular flexibility index (Phi) is 4.84. The summed E-state index contributed by atoms with van der Waals surface area (Å²) in [6.45, 7) is 8.78. The molecule has 112 valence electrons. The number of benzene rings is 2. The van der Waals surface area contributed by atoms with Gasteiger partial charge in [0.05, 0.1) is 6.10 Å². The molecular formula is C20H26O. The first-order valence-electron chi connectivity index (χ1n) is 7.71. The van der Waals surface area contributed by atoms with E-state index in [2.05, 4.69) is 76.2 Å². The van der Waals surface area contributed by atoms with Crippen LogP contribution in [0.3, 0.4) is 0 Å². The van der Waals surface area contributed by atoms with Gasteiger partial charge in [-0.05, 0) is 34.4 Å². The van der Waals surface area contributed by atoms with Crippen LogP contribution in [0, 0.1) is 0 Å². The molecule has 0 aliphatic rings. The van der Waals surface area contributed by atoms with E-state index >= 15 is 0 Å². The summed E-state index contributed by atoms with van der Waals surface area (Å²) in [5.41, 5.74) is 3.74. The molecule has 1 nitrogen and oxygen atoms in total. The molecule has 2 rings (SSSR count). The molecule has 0 aliphatic carbocycles. The molecule has 2 aromatic rings. The van der Waals surface area contributed by atoms with Gasteiger partial charge >= 0.3 is 0 Å². The van der Waals surface area contributed by atoms with Crippen molar-refractivity contribution >= 4 is 0 Å². The van der Waals surface area contributed by atoms with Crippen molar-refractivity contribution in [3.8, 4) is 0 Å². The van der Waals surface area contributed by atoms with Crippen LogP contribution in [0.1, 0.15) is 62.8 Å². The van der Waals surface area contributed by atoms with Crippen molar-refractivity contribution in [2.75, 3.05) is 0 Å². The SMILES string of the molecule is CC(CC(O)c1ccc(C(C)(C)C)cc1)c1ccccc1. The number of hydrogen-bond donors (Lipinski definition) is 1. The second-order valence-corrected chi connectivity index (χ2v) is 6.94. The molecule has 0 saturated carbocycles. The van der Waals surface area contributed by atoms with E-state index in [-0.39, 0.29) is 5.41 Å². The van der Waals surface area contributed by atoms with Gasteiger partial charge in [0, 0.05) is 0 Å². The molecule has 0 radical (unpaired) electrons. The van der Waals surface area contributed by atoms with E-state index in [1.165, 1.54) is 11.1 Å². The van der Waals surface area contributed by atoms with Gasteiger partial charge in [0.1, 0.15) is 0 Å². The van der Waals surface area contributed by atoms with Crippen molar-refractivity contribution in [3.63, 3.8) is 0 Å². The molecule has 2 aromatic carbocycles. The maximum Gasteiger partial charge on any atom is 0.0795 e. The smallest absolute Gasteiger partial charge is 0.0795 e. The lowest BCUT2D eigenvalue weighted by Gasteiger charge is -2.21. The normalized spacial score (nSPS) is 14.7. The Bertz CT molecular complexity index is 549. The fourth-order valence-electron chi connectivity index (χ4n) is 2.59. The number of rotatable bonds is 4. The minimum atomic E-state index is -0.408. The van der Waals surface area contributed by atoms with Gasteiger partial charge in [-0.2, -0.15) is 0 Å². The van der Waals surface area contributed by atoms with Crippen molar-refractivity contribution in [1.82, 2.24) is 0 Å². The summed E-state index contributed by atoms with van der Waals surface area (Å²) in [7, 11) is 0. The van der Waals surface area contributed by atoms with Crippen LogP contribution >= 0.6 is 0 Å². The lowest BCUT2D eigenvalue weighted by molar-refractivity contribution is 0.159. The number of hydrogen-bond acceptors (Lipinski definition) is 1. The molecule has 2 unspecified atom stereocenters. The Morgan fingerprint density at radius 1 is 0.857 bits per heavy atom. The molecule has 1 heteroatoms. The van der Waals surface area contributed by atoms with Crippen LogP contribution in [0.5, 0.6) is 0 Å². The van der Waals surface area contributed by atoms with E-state index in [9.17, 15) is 5.11 Å². The van der Waals surface area contributed by atoms with Crippen molar-refractivity contribution in [2.24, 2.45) is 0 Å². The summed E-state index contributed by atoms with van der Waals surface area (Å²) >= 11 is 0. The fourth-order valence-corrected chi connectivity index (χ4v) is 2.59. The highest BCUT2D eigenvalue weighted by Gasteiger charge is 2.16. The summed E-state index contributed by atoms with van der Waals surface area (Å²) in [5.74, 6) is 0.350. The van der Waals surface area contributed by atoms with Crippen LogP contribution in [0.2, 0.25) is 0 Å². The van der Waals surface area contributed by atoms with Crippen molar-refractivity contribution in [3.05, 3.63) is 71.3 Å². The third kappa shape index (κ3) is 4.18. The average Bonchev–Trinajstić information content (AvgIpc) is 2.47. The topological polar surface area (TPSA) is 20.2 Å². The molecule has 1 N–H and O–H groups in total. The second-order valence-electron chi connectivity index (χ2n) is 6.94. The third-order valence-corrected chi connectivity index (χ3v) is 4.11. The Balaban J connectivity index is 2.05. The van der Waals surface area contributed by atoms with Crippen LogP contribution in [0.25, 0.3) is 0 Å².